The second-order valence-corrected chi connectivity index (χ2v) is 4.87. The molecule has 0 radical (unpaired) electrons. The van der Waals surface area contributed by atoms with Crippen LogP contribution in [-0.4, -0.2) is 6.54 Å². The predicted molar refractivity (Wildman–Crippen MR) is 63.4 cm³/mol. The van der Waals surface area contributed by atoms with Crippen LogP contribution in [-0.2, 0) is 0 Å². The van der Waals surface area contributed by atoms with Crippen LogP contribution >= 0.6 is 0 Å². The molecule has 15 heavy (non-hydrogen) atoms. The molecule has 1 N–H and O–H groups in total. The van der Waals surface area contributed by atoms with E-state index in [1.165, 1.54) is 38.6 Å². The van der Waals surface area contributed by atoms with Crippen LogP contribution in [0.2, 0.25) is 0 Å². The summed E-state index contributed by atoms with van der Waals surface area (Å²) in [6, 6.07) is 0. The smallest absolute Gasteiger partial charge is 0.0218 e. The summed E-state index contributed by atoms with van der Waals surface area (Å²) in [5, 5.41) is 3.62. The molecule has 1 heteroatoms. The SMILES string of the molecule is CCCC1=CC=C2CCC3CCNC3=C12. The van der Waals surface area contributed by atoms with Gasteiger partial charge in [-0.1, -0.05) is 25.5 Å². The van der Waals surface area contributed by atoms with Crippen molar-refractivity contribution >= 4 is 0 Å². The van der Waals surface area contributed by atoms with Gasteiger partial charge in [0.25, 0.3) is 0 Å². The zero-order valence-electron chi connectivity index (χ0n) is 9.47. The minimum Gasteiger partial charge on any atom is -0.388 e. The highest BCUT2D eigenvalue weighted by atomic mass is 14.9. The lowest BCUT2D eigenvalue weighted by atomic mass is 9.82. The third-order valence-electron chi connectivity index (χ3n) is 3.90. The summed E-state index contributed by atoms with van der Waals surface area (Å²) >= 11 is 0. The van der Waals surface area contributed by atoms with Crippen LogP contribution in [0, 0.1) is 5.92 Å². The third-order valence-corrected chi connectivity index (χ3v) is 3.90. The van der Waals surface area contributed by atoms with Crippen molar-refractivity contribution in [2.24, 2.45) is 5.92 Å². The van der Waals surface area contributed by atoms with E-state index in [-0.39, 0.29) is 0 Å². The average Bonchev–Trinajstić information content (AvgIpc) is 2.83. The van der Waals surface area contributed by atoms with Crippen molar-refractivity contribution in [2.45, 2.75) is 39.0 Å². The highest BCUT2D eigenvalue weighted by Gasteiger charge is 2.32. The normalized spacial score (nSPS) is 28.2. The molecule has 80 valence electrons. The molecule has 0 bridgehead atoms. The van der Waals surface area contributed by atoms with Gasteiger partial charge in [0.2, 0.25) is 0 Å². The first kappa shape index (κ1) is 9.26. The van der Waals surface area contributed by atoms with Gasteiger partial charge in [-0.05, 0) is 36.8 Å². The van der Waals surface area contributed by atoms with E-state index in [9.17, 15) is 0 Å². The monoisotopic (exact) mass is 201 g/mol. The van der Waals surface area contributed by atoms with Gasteiger partial charge in [0.15, 0.2) is 0 Å². The highest BCUT2D eigenvalue weighted by Crippen LogP contribution is 2.43. The molecule has 0 spiro atoms. The second kappa shape index (κ2) is 3.55. The lowest BCUT2D eigenvalue weighted by Gasteiger charge is -2.24. The molecule has 0 aromatic heterocycles. The maximum absolute atomic E-state index is 3.62. The number of nitrogens with one attached hydrogen (secondary N) is 1. The number of allylic oxidation sites excluding steroid dienone is 6. The van der Waals surface area contributed by atoms with Gasteiger partial charge in [0.05, 0.1) is 0 Å². The summed E-state index contributed by atoms with van der Waals surface area (Å²) in [5.74, 6) is 0.843. The molecule has 1 unspecified atom stereocenters. The molecule has 1 saturated heterocycles. The van der Waals surface area contributed by atoms with Crippen LogP contribution < -0.4 is 5.32 Å². The van der Waals surface area contributed by atoms with Crippen molar-refractivity contribution in [3.05, 3.63) is 34.6 Å². The first-order chi connectivity index (χ1) is 7.40. The maximum atomic E-state index is 3.62. The molecule has 1 atom stereocenters. The average molecular weight is 201 g/mol. The van der Waals surface area contributed by atoms with E-state index >= 15 is 0 Å². The topological polar surface area (TPSA) is 12.0 Å². The second-order valence-electron chi connectivity index (χ2n) is 4.87. The van der Waals surface area contributed by atoms with E-state index in [4.69, 9.17) is 0 Å². The van der Waals surface area contributed by atoms with E-state index in [0.29, 0.717) is 0 Å². The number of hydrogen-bond donors (Lipinski definition) is 1. The van der Waals surface area contributed by atoms with E-state index in [1.807, 2.05) is 0 Å². The Hall–Kier alpha value is -0.980. The van der Waals surface area contributed by atoms with Crippen molar-refractivity contribution in [3.8, 4) is 0 Å². The first-order valence-electron chi connectivity index (χ1n) is 6.28. The fraction of sp³-hybridized carbons (Fsp3) is 0.571. The largest absolute Gasteiger partial charge is 0.388 e. The highest BCUT2D eigenvalue weighted by molar-refractivity contribution is 5.59. The molecular weight excluding hydrogens is 182 g/mol. The molecule has 0 saturated carbocycles. The zero-order valence-corrected chi connectivity index (χ0v) is 9.47. The Morgan fingerprint density at radius 3 is 3.13 bits per heavy atom. The van der Waals surface area contributed by atoms with Crippen molar-refractivity contribution in [3.63, 3.8) is 0 Å². The fourth-order valence-corrected chi connectivity index (χ4v) is 3.19. The molecule has 0 aromatic carbocycles. The van der Waals surface area contributed by atoms with Gasteiger partial charge in [0, 0.05) is 23.7 Å². The van der Waals surface area contributed by atoms with Crippen molar-refractivity contribution in [2.75, 3.05) is 6.54 Å². The number of rotatable bonds is 2. The standard InChI is InChI=1S/C14H19N/c1-2-3-10-4-5-11-6-7-12-8-9-15-14(12)13(10)11/h4-5,12,15H,2-3,6-9H2,1H3. The molecule has 2 aliphatic carbocycles. The Kier molecular flexibility index (Phi) is 2.19. The molecule has 0 aromatic rings. The van der Waals surface area contributed by atoms with Crippen molar-refractivity contribution in [1.82, 2.24) is 5.32 Å². The lowest BCUT2D eigenvalue weighted by molar-refractivity contribution is 0.559. The minimum absolute atomic E-state index is 0.843. The maximum Gasteiger partial charge on any atom is 0.0218 e. The van der Waals surface area contributed by atoms with Crippen LogP contribution in [0.15, 0.2) is 34.6 Å². The Labute approximate surface area is 91.9 Å². The zero-order chi connectivity index (χ0) is 10.3. The summed E-state index contributed by atoms with van der Waals surface area (Å²) in [6.07, 6.45) is 11.2. The van der Waals surface area contributed by atoms with Crippen LogP contribution in [0.3, 0.4) is 0 Å². The minimum atomic E-state index is 0.843. The Morgan fingerprint density at radius 2 is 2.27 bits per heavy atom. The van der Waals surface area contributed by atoms with E-state index < -0.39 is 0 Å². The Morgan fingerprint density at radius 1 is 1.33 bits per heavy atom. The Bertz CT molecular complexity index is 371. The molecular formula is C14H19N. The van der Waals surface area contributed by atoms with Gasteiger partial charge in [-0.15, -0.1) is 0 Å². The number of hydrogen-bond acceptors (Lipinski definition) is 1. The van der Waals surface area contributed by atoms with E-state index in [1.54, 1.807) is 22.4 Å². The Balaban J connectivity index is 2.00. The van der Waals surface area contributed by atoms with Gasteiger partial charge in [-0.2, -0.15) is 0 Å². The molecule has 1 fully saturated rings. The quantitative estimate of drug-likeness (QED) is 0.722. The summed E-state index contributed by atoms with van der Waals surface area (Å²) < 4.78 is 0. The predicted octanol–water partition coefficient (Wildman–Crippen LogP) is 3.31. The van der Waals surface area contributed by atoms with Gasteiger partial charge >= 0.3 is 0 Å². The molecule has 3 rings (SSSR count). The van der Waals surface area contributed by atoms with Gasteiger partial charge in [-0.25, -0.2) is 0 Å². The van der Waals surface area contributed by atoms with Crippen LogP contribution in [0.25, 0.3) is 0 Å². The van der Waals surface area contributed by atoms with E-state index in [0.717, 1.165) is 5.92 Å². The van der Waals surface area contributed by atoms with Crippen molar-refractivity contribution in [1.29, 1.82) is 0 Å². The van der Waals surface area contributed by atoms with Crippen LogP contribution in [0.4, 0.5) is 0 Å². The van der Waals surface area contributed by atoms with Gasteiger partial charge < -0.3 is 5.32 Å². The van der Waals surface area contributed by atoms with Gasteiger partial charge in [-0.3, -0.25) is 0 Å². The molecule has 0 amide bonds. The van der Waals surface area contributed by atoms with Crippen LogP contribution in [0.1, 0.15) is 39.0 Å². The molecule has 3 aliphatic rings. The molecule has 1 nitrogen and oxygen atoms in total. The molecule has 1 aliphatic heterocycles. The summed E-state index contributed by atoms with van der Waals surface area (Å²) in [6.45, 7) is 3.46. The van der Waals surface area contributed by atoms with E-state index in [2.05, 4.69) is 24.4 Å². The fourth-order valence-electron chi connectivity index (χ4n) is 3.19. The number of fused-ring (bicyclic) bond motifs is 2. The third kappa shape index (κ3) is 1.37. The van der Waals surface area contributed by atoms with Gasteiger partial charge in [0.1, 0.15) is 0 Å². The molecule has 1 heterocycles. The van der Waals surface area contributed by atoms with Crippen molar-refractivity contribution < 1.29 is 0 Å². The summed E-state index contributed by atoms with van der Waals surface area (Å²) in [7, 11) is 0. The lowest BCUT2D eigenvalue weighted by Crippen LogP contribution is -2.16. The van der Waals surface area contributed by atoms with Crippen LogP contribution in [0.5, 0.6) is 0 Å². The summed E-state index contributed by atoms with van der Waals surface area (Å²) in [5.41, 5.74) is 6.36. The summed E-state index contributed by atoms with van der Waals surface area (Å²) in [4.78, 5) is 0. The first-order valence-corrected chi connectivity index (χ1v) is 6.28.